The number of hydrogen-bond acceptors (Lipinski definition) is 3. The Morgan fingerprint density at radius 1 is 1.13 bits per heavy atom. The lowest BCUT2D eigenvalue weighted by molar-refractivity contribution is 0.0693. The molecule has 0 radical (unpaired) electrons. The predicted molar refractivity (Wildman–Crippen MR) is 113 cm³/mol. The molecular formula is C25H18FNO4. The van der Waals surface area contributed by atoms with Crippen molar-refractivity contribution >= 4 is 17.1 Å². The Hall–Kier alpha value is -3.51. The lowest BCUT2D eigenvalue weighted by Crippen LogP contribution is -2.31. The number of fused-ring (bicyclic) bond motifs is 7. The Labute approximate surface area is 177 Å². The summed E-state index contributed by atoms with van der Waals surface area (Å²) in [4.78, 5) is 24.1. The van der Waals surface area contributed by atoms with E-state index in [-0.39, 0.29) is 23.5 Å². The highest BCUT2D eigenvalue weighted by Crippen LogP contribution is 2.51. The zero-order valence-corrected chi connectivity index (χ0v) is 16.5. The second-order valence-electron chi connectivity index (χ2n) is 8.21. The van der Waals surface area contributed by atoms with Crippen molar-refractivity contribution in [3.63, 3.8) is 0 Å². The van der Waals surface area contributed by atoms with E-state index in [2.05, 4.69) is 6.07 Å². The van der Waals surface area contributed by atoms with Crippen LogP contribution in [-0.2, 0) is 11.2 Å². The molecule has 1 saturated heterocycles. The maximum atomic E-state index is 13.9. The molecule has 2 atom stereocenters. The first-order valence-corrected chi connectivity index (χ1v) is 10.3. The van der Waals surface area contributed by atoms with Gasteiger partial charge < -0.3 is 14.4 Å². The number of ether oxygens (including phenoxy) is 1. The Balaban J connectivity index is 1.57. The number of rotatable bonds is 2. The molecule has 31 heavy (non-hydrogen) atoms. The van der Waals surface area contributed by atoms with E-state index in [1.54, 1.807) is 6.07 Å². The summed E-state index contributed by atoms with van der Waals surface area (Å²) in [5.41, 5.74) is 5.98. The molecule has 3 heterocycles. The fraction of sp³-hybridized carbons (Fsp3) is 0.200. The summed E-state index contributed by atoms with van der Waals surface area (Å²) in [5.74, 6) is -1.51. The van der Waals surface area contributed by atoms with E-state index in [0.717, 1.165) is 45.5 Å². The molecule has 5 nitrogen and oxygen atoms in total. The summed E-state index contributed by atoms with van der Waals surface area (Å²) in [7, 11) is 0. The largest absolute Gasteiger partial charge is 0.477 e. The van der Waals surface area contributed by atoms with Crippen LogP contribution >= 0.6 is 0 Å². The summed E-state index contributed by atoms with van der Waals surface area (Å²) < 4.78 is 21.9. The average molecular weight is 415 g/mol. The molecule has 154 valence electrons. The third-order valence-corrected chi connectivity index (χ3v) is 6.60. The van der Waals surface area contributed by atoms with Gasteiger partial charge in [-0.05, 0) is 52.0 Å². The van der Waals surface area contributed by atoms with Crippen LogP contribution in [-0.4, -0.2) is 28.4 Å². The molecular weight excluding hydrogens is 397 g/mol. The number of allylic oxidation sites excluding steroid dienone is 1. The summed E-state index contributed by atoms with van der Waals surface area (Å²) >= 11 is 0. The molecule has 3 aliphatic rings. The van der Waals surface area contributed by atoms with Gasteiger partial charge >= 0.3 is 5.97 Å². The first-order chi connectivity index (χ1) is 15.0. The van der Waals surface area contributed by atoms with Crippen LogP contribution in [0.2, 0.25) is 0 Å². The van der Waals surface area contributed by atoms with Gasteiger partial charge in [0.15, 0.2) is 5.43 Å². The molecule has 0 bridgehead atoms. The van der Waals surface area contributed by atoms with Crippen LogP contribution in [0.3, 0.4) is 0 Å². The third kappa shape index (κ3) is 2.58. The van der Waals surface area contributed by atoms with Gasteiger partial charge in [-0.3, -0.25) is 4.79 Å². The maximum absolute atomic E-state index is 13.9. The number of halogens is 1. The molecule has 1 fully saturated rings. The highest BCUT2D eigenvalue weighted by Gasteiger charge is 2.43. The third-order valence-electron chi connectivity index (χ3n) is 6.60. The van der Waals surface area contributed by atoms with Crippen LogP contribution in [0.15, 0.2) is 59.5 Å². The number of pyridine rings is 1. The zero-order valence-electron chi connectivity index (χ0n) is 16.5. The van der Waals surface area contributed by atoms with Gasteiger partial charge in [-0.2, -0.15) is 0 Å². The van der Waals surface area contributed by atoms with Crippen molar-refractivity contribution < 1.29 is 19.0 Å². The van der Waals surface area contributed by atoms with Gasteiger partial charge in [0.2, 0.25) is 0 Å². The van der Waals surface area contributed by atoms with Gasteiger partial charge in [0.05, 0.1) is 6.04 Å². The maximum Gasteiger partial charge on any atom is 0.341 e. The molecule has 3 aromatic rings. The minimum absolute atomic E-state index is 0.0591. The van der Waals surface area contributed by atoms with Crippen LogP contribution in [0.1, 0.15) is 39.6 Å². The first-order valence-electron chi connectivity index (χ1n) is 10.3. The van der Waals surface area contributed by atoms with E-state index in [9.17, 15) is 19.1 Å². The normalized spacial score (nSPS) is 20.8. The van der Waals surface area contributed by atoms with Crippen molar-refractivity contribution in [3.05, 3.63) is 93.2 Å². The topological polar surface area (TPSA) is 68.5 Å². The Bertz CT molecular complexity index is 1370. The summed E-state index contributed by atoms with van der Waals surface area (Å²) in [6.07, 6.45) is 2.59. The molecule has 6 heteroatoms. The highest BCUT2D eigenvalue weighted by atomic mass is 19.1. The quantitative estimate of drug-likeness (QED) is 0.682. The molecule has 2 aliphatic heterocycles. The number of carboxylic acid groups (broad SMARTS) is 1. The molecule has 0 spiro atoms. The number of hydrogen-bond donors (Lipinski definition) is 1. The molecule has 1 aliphatic carbocycles. The minimum atomic E-state index is -1.22. The summed E-state index contributed by atoms with van der Waals surface area (Å²) in [5, 5.41) is 9.43. The smallest absolute Gasteiger partial charge is 0.341 e. The van der Waals surface area contributed by atoms with E-state index in [1.807, 2.05) is 22.8 Å². The van der Waals surface area contributed by atoms with Crippen molar-refractivity contribution in [3.8, 4) is 11.1 Å². The molecule has 1 N–H and O–H groups in total. The van der Waals surface area contributed by atoms with Crippen molar-refractivity contribution in [1.29, 1.82) is 0 Å². The standard InChI is InChI=1S/C25H18FNO4/c26-14-4-1-3-13(9-14)15-5-2-6-16-17(15)10-18-21-11-22(28)19(25(29)30)12-27(21)20-7-8-31-24(20)23(16)18/h1-6,9,11-12,20,24H,7-8,10H2,(H,29,30)/t20-,24+/m1/s1. The molecule has 6 rings (SSSR count). The number of benzene rings is 2. The zero-order chi connectivity index (χ0) is 21.3. The molecule has 0 saturated carbocycles. The van der Waals surface area contributed by atoms with Crippen molar-refractivity contribution in [2.45, 2.75) is 25.0 Å². The van der Waals surface area contributed by atoms with Crippen LogP contribution in [0.25, 0.3) is 22.3 Å². The van der Waals surface area contributed by atoms with Crippen molar-refractivity contribution in [2.24, 2.45) is 0 Å². The van der Waals surface area contributed by atoms with Gasteiger partial charge in [0.25, 0.3) is 0 Å². The first kappa shape index (κ1) is 18.3. The number of aromatic nitrogens is 1. The van der Waals surface area contributed by atoms with Gasteiger partial charge in [0, 0.05) is 31.0 Å². The van der Waals surface area contributed by atoms with E-state index in [1.165, 1.54) is 24.4 Å². The Morgan fingerprint density at radius 2 is 1.94 bits per heavy atom. The van der Waals surface area contributed by atoms with E-state index in [0.29, 0.717) is 13.0 Å². The van der Waals surface area contributed by atoms with E-state index < -0.39 is 11.4 Å². The second-order valence-corrected chi connectivity index (χ2v) is 8.21. The van der Waals surface area contributed by atoms with Crippen LogP contribution in [0.5, 0.6) is 0 Å². The van der Waals surface area contributed by atoms with E-state index in [4.69, 9.17) is 4.74 Å². The minimum Gasteiger partial charge on any atom is -0.477 e. The summed E-state index contributed by atoms with van der Waals surface area (Å²) in [6, 6.07) is 13.9. The van der Waals surface area contributed by atoms with E-state index >= 15 is 0 Å². The van der Waals surface area contributed by atoms with Crippen LogP contribution < -0.4 is 5.43 Å². The van der Waals surface area contributed by atoms with Crippen LogP contribution in [0, 0.1) is 5.82 Å². The Morgan fingerprint density at radius 3 is 2.74 bits per heavy atom. The fourth-order valence-corrected chi connectivity index (χ4v) is 5.31. The molecule has 0 unspecified atom stereocenters. The lowest BCUT2D eigenvalue weighted by atomic mass is 9.89. The number of carbonyl (C=O) groups is 1. The second kappa shape index (κ2) is 6.49. The van der Waals surface area contributed by atoms with Gasteiger partial charge in [0.1, 0.15) is 17.5 Å². The number of carboxylic acids is 1. The van der Waals surface area contributed by atoms with Gasteiger partial charge in [-0.1, -0.05) is 30.3 Å². The average Bonchev–Trinajstić information content (AvgIpc) is 3.37. The SMILES string of the molecule is O=C(O)c1cn2c(cc1=O)C1=C(c3cccc(-c4cccc(F)c4)c3C1)[C@H]1OCC[C@H]12. The molecule has 2 aromatic carbocycles. The van der Waals surface area contributed by atoms with Crippen molar-refractivity contribution in [1.82, 2.24) is 4.57 Å². The number of aromatic carboxylic acids is 1. The monoisotopic (exact) mass is 415 g/mol. The highest BCUT2D eigenvalue weighted by molar-refractivity contribution is 6.02. The predicted octanol–water partition coefficient (Wildman–Crippen LogP) is 4.16. The van der Waals surface area contributed by atoms with Gasteiger partial charge in [-0.25, -0.2) is 9.18 Å². The fourth-order valence-electron chi connectivity index (χ4n) is 5.31. The molecule has 1 aromatic heterocycles. The molecule has 0 amide bonds. The summed E-state index contributed by atoms with van der Waals surface area (Å²) in [6.45, 7) is 0.568. The van der Waals surface area contributed by atoms with Crippen molar-refractivity contribution in [2.75, 3.05) is 6.61 Å². The van der Waals surface area contributed by atoms with Crippen LogP contribution in [0.4, 0.5) is 4.39 Å². The number of nitrogens with zero attached hydrogens (tertiary/aromatic N) is 1. The lowest BCUT2D eigenvalue weighted by Gasteiger charge is -2.32. The van der Waals surface area contributed by atoms with Gasteiger partial charge in [-0.15, -0.1) is 0 Å². The Kier molecular flexibility index (Phi) is 3.83.